The number of ether oxygens (including phenoxy) is 1. The molecule has 0 N–H and O–H groups in total. The number of nitrogens with zero attached hydrogens (tertiary/aromatic N) is 3. The molecule has 0 aliphatic heterocycles. The average Bonchev–Trinajstić information content (AvgIpc) is 3.02. The molecule has 0 unspecified atom stereocenters. The summed E-state index contributed by atoms with van der Waals surface area (Å²) in [7, 11) is 0.957. The number of hydrogen-bond acceptors (Lipinski definition) is 5. The van der Waals surface area contributed by atoms with E-state index in [1.165, 1.54) is 35.6 Å². The molecule has 3 rings (SSSR count). The zero-order valence-electron chi connectivity index (χ0n) is 13.7. The van der Waals surface area contributed by atoms with Crippen LogP contribution in [0.5, 0.6) is 5.75 Å². The van der Waals surface area contributed by atoms with E-state index in [0.29, 0.717) is 25.4 Å². The van der Waals surface area contributed by atoms with Gasteiger partial charge in [0.25, 0.3) is 5.56 Å². The first-order valence-corrected chi connectivity index (χ1v) is 8.60. The SMILES string of the molecule is Cn1c(C(F)(F)F)cc(=O)n(-c2ccc(OCc3cnc(Cl)s3)cc2)c1=O. The Morgan fingerprint density at radius 1 is 1.22 bits per heavy atom. The Hall–Kier alpha value is -2.59. The summed E-state index contributed by atoms with van der Waals surface area (Å²) in [6.45, 7) is 0.228. The fourth-order valence-electron chi connectivity index (χ4n) is 2.33. The number of halogens is 4. The van der Waals surface area contributed by atoms with Crippen LogP contribution in [0, 0.1) is 0 Å². The highest BCUT2D eigenvalue weighted by Gasteiger charge is 2.35. The third-order valence-electron chi connectivity index (χ3n) is 3.61. The Kier molecular flexibility index (Phi) is 5.11. The smallest absolute Gasteiger partial charge is 0.431 e. The first-order chi connectivity index (χ1) is 12.7. The van der Waals surface area contributed by atoms with Gasteiger partial charge in [0.15, 0.2) is 4.47 Å². The number of hydrogen-bond donors (Lipinski definition) is 0. The minimum absolute atomic E-state index is 0.127. The number of thiazole rings is 1. The summed E-state index contributed by atoms with van der Waals surface area (Å²) in [5.74, 6) is 0.444. The Morgan fingerprint density at radius 3 is 2.44 bits per heavy atom. The summed E-state index contributed by atoms with van der Waals surface area (Å²) in [6.07, 6.45) is -3.23. The van der Waals surface area contributed by atoms with Crippen molar-refractivity contribution in [2.75, 3.05) is 0 Å². The van der Waals surface area contributed by atoms with Crippen LogP contribution in [0.25, 0.3) is 5.69 Å². The molecule has 0 bridgehead atoms. The zero-order valence-corrected chi connectivity index (χ0v) is 15.2. The minimum Gasteiger partial charge on any atom is -0.488 e. The van der Waals surface area contributed by atoms with Crippen LogP contribution in [0.3, 0.4) is 0 Å². The summed E-state index contributed by atoms with van der Waals surface area (Å²) in [6, 6.07) is 6.21. The van der Waals surface area contributed by atoms with E-state index in [2.05, 4.69) is 4.98 Å². The van der Waals surface area contributed by atoms with Crippen LogP contribution in [0.15, 0.2) is 46.1 Å². The van der Waals surface area contributed by atoms with Crippen molar-refractivity contribution in [3.63, 3.8) is 0 Å². The van der Waals surface area contributed by atoms with Gasteiger partial charge < -0.3 is 4.74 Å². The summed E-state index contributed by atoms with van der Waals surface area (Å²) < 4.78 is 45.6. The molecular formula is C16H11ClF3N3O3S. The van der Waals surface area contributed by atoms with E-state index in [1.807, 2.05) is 0 Å². The van der Waals surface area contributed by atoms with Crippen LogP contribution < -0.4 is 16.0 Å². The Morgan fingerprint density at radius 2 is 1.89 bits per heavy atom. The van der Waals surface area contributed by atoms with Gasteiger partial charge in [-0.05, 0) is 24.3 Å². The highest BCUT2D eigenvalue weighted by Crippen LogP contribution is 2.27. The van der Waals surface area contributed by atoms with Gasteiger partial charge in [0.05, 0.1) is 10.6 Å². The summed E-state index contributed by atoms with van der Waals surface area (Å²) in [4.78, 5) is 29.0. The zero-order chi connectivity index (χ0) is 19.8. The minimum atomic E-state index is -4.80. The average molecular weight is 418 g/mol. The van der Waals surface area contributed by atoms with Crippen molar-refractivity contribution in [2.45, 2.75) is 12.8 Å². The second-order valence-electron chi connectivity index (χ2n) is 5.40. The fourth-order valence-corrected chi connectivity index (χ4v) is 3.22. The lowest BCUT2D eigenvalue weighted by molar-refractivity contribution is -0.144. The van der Waals surface area contributed by atoms with Crippen LogP contribution in [-0.2, 0) is 19.8 Å². The van der Waals surface area contributed by atoms with E-state index in [4.69, 9.17) is 16.3 Å². The molecule has 0 spiro atoms. The third kappa shape index (κ3) is 4.06. The largest absolute Gasteiger partial charge is 0.488 e. The lowest BCUT2D eigenvalue weighted by Crippen LogP contribution is -2.40. The molecule has 0 radical (unpaired) electrons. The van der Waals surface area contributed by atoms with E-state index in [-0.39, 0.29) is 12.3 Å². The molecule has 0 saturated carbocycles. The van der Waals surface area contributed by atoms with Crippen LogP contribution in [0.2, 0.25) is 4.47 Å². The number of benzene rings is 1. The molecular weight excluding hydrogens is 407 g/mol. The molecule has 2 aromatic heterocycles. The maximum absolute atomic E-state index is 12.9. The third-order valence-corrected chi connectivity index (χ3v) is 4.70. The molecule has 0 fully saturated rings. The normalized spacial score (nSPS) is 11.6. The lowest BCUT2D eigenvalue weighted by atomic mass is 10.3. The molecule has 142 valence electrons. The van der Waals surface area contributed by atoms with Gasteiger partial charge in [0, 0.05) is 19.3 Å². The first-order valence-electron chi connectivity index (χ1n) is 7.40. The van der Waals surface area contributed by atoms with Crippen LogP contribution in [0.1, 0.15) is 10.6 Å². The second-order valence-corrected chi connectivity index (χ2v) is 7.10. The predicted octanol–water partition coefficient (Wildman–Crippen LogP) is 3.24. The van der Waals surface area contributed by atoms with Gasteiger partial charge in [-0.15, -0.1) is 11.3 Å². The number of alkyl halides is 3. The lowest BCUT2D eigenvalue weighted by Gasteiger charge is -2.14. The maximum Gasteiger partial charge on any atom is 0.431 e. The molecule has 0 atom stereocenters. The molecule has 0 aliphatic carbocycles. The molecule has 2 heterocycles. The number of rotatable bonds is 4. The van der Waals surface area contributed by atoms with Crippen molar-refractivity contribution >= 4 is 22.9 Å². The topological polar surface area (TPSA) is 66.1 Å². The van der Waals surface area contributed by atoms with Crippen LogP contribution in [0.4, 0.5) is 13.2 Å². The molecule has 6 nitrogen and oxygen atoms in total. The Bertz CT molecular complexity index is 1090. The van der Waals surface area contributed by atoms with Crippen molar-refractivity contribution < 1.29 is 17.9 Å². The Labute approximate surface area is 159 Å². The molecule has 3 aromatic rings. The predicted molar refractivity (Wildman–Crippen MR) is 93.7 cm³/mol. The van der Waals surface area contributed by atoms with E-state index >= 15 is 0 Å². The van der Waals surface area contributed by atoms with Crippen LogP contribution in [-0.4, -0.2) is 14.1 Å². The quantitative estimate of drug-likeness (QED) is 0.653. The highest BCUT2D eigenvalue weighted by atomic mass is 35.5. The first kappa shape index (κ1) is 19.2. The van der Waals surface area contributed by atoms with Crippen molar-refractivity contribution in [1.82, 2.24) is 14.1 Å². The molecule has 1 aromatic carbocycles. The van der Waals surface area contributed by atoms with Gasteiger partial charge in [0.2, 0.25) is 0 Å². The van der Waals surface area contributed by atoms with Gasteiger partial charge in [-0.2, -0.15) is 13.2 Å². The Balaban J connectivity index is 1.88. The molecule has 0 saturated heterocycles. The molecule has 11 heteroatoms. The monoisotopic (exact) mass is 417 g/mol. The molecule has 0 aliphatic rings. The number of aromatic nitrogens is 3. The summed E-state index contributed by atoms with van der Waals surface area (Å²) in [5, 5.41) is 0. The fraction of sp³-hybridized carbons (Fsp3) is 0.188. The molecule has 0 amide bonds. The maximum atomic E-state index is 12.9. The van der Waals surface area contributed by atoms with Gasteiger partial charge in [-0.25, -0.2) is 14.3 Å². The van der Waals surface area contributed by atoms with Crippen molar-refractivity contribution in [3.8, 4) is 11.4 Å². The van der Waals surface area contributed by atoms with E-state index in [1.54, 1.807) is 6.20 Å². The van der Waals surface area contributed by atoms with Gasteiger partial charge in [0.1, 0.15) is 18.1 Å². The summed E-state index contributed by atoms with van der Waals surface area (Å²) >= 11 is 6.99. The van der Waals surface area contributed by atoms with E-state index < -0.39 is 23.1 Å². The summed E-state index contributed by atoms with van der Waals surface area (Å²) in [5.41, 5.74) is -3.35. The van der Waals surface area contributed by atoms with E-state index in [0.717, 1.165) is 11.9 Å². The van der Waals surface area contributed by atoms with Crippen molar-refractivity contribution in [2.24, 2.45) is 7.05 Å². The standard InChI is InChI=1S/C16H11ClF3N3O3S/c1-22-12(16(18,19)20)6-13(24)23(15(22)25)9-2-4-10(5-3-9)26-8-11-7-21-14(17)27-11/h2-7H,8H2,1H3. The van der Waals surface area contributed by atoms with Gasteiger partial charge in [-0.1, -0.05) is 11.6 Å². The van der Waals surface area contributed by atoms with Gasteiger partial charge >= 0.3 is 11.9 Å². The second kappa shape index (κ2) is 7.20. The highest BCUT2D eigenvalue weighted by molar-refractivity contribution is 7.15. The van der Waals surface area contributed by atoms with Gasteiger partial charge in [-0.3, -0.25) is 9.36 Å². The molecule has 27 heavy (non-hydrogen) atoms. The van der Waals surface area contributed by atoms with Crippen molar-refractivity contribution in [3.05, 3.63) is 72.4 Å². The van der Waals surface area contributed by atoms with Crippen molar-refractivity contribution in [1.29, 1.82) is 0 Å². The van der Waals surface area contributed by atoms with Crippen LogP contribution >= 0.6 is 22.9 Å². The van der Waals surface area contributed by atoms with E-state index in [9.17, 15) is 22.8 Å².